The molecule has 0 radical (unpaired) electrons. The van der Waals surface area contributed by atoms with E-state index in [1.807, 2.05) is 6.92 Å². The molecule has 0 aliphatic rings. The summed E-state index contributed by atoms with van der Waals surface area (Å²) < 4.78 is 32.8. The van der Waals surface area contributed by atoms with Crippen LogP contribution in [0.2, 0.25) is 0 Å². The third-order valence-electron chi connectivity index (χ3n) is 1.35. The zero-order valence-electron chi connectivity index (χ0n) is 7.52. The summed E-state index contributed by atoms with van der Waals surface area (Å²) in [5, 5.41) is 0. The van der Waals surface area contributed by atoms with Crippen LogP contribution in [0.4, 0.5) is 0 Å². The molecule has 0 aromatic rings. The van der Waals surface area contributed by atoms with E-state index >= 15 is 0 Å². The Labute approximate surface area is 127 Å². The molecule has 0 rings (SSSR count). The van der Waals surface area contributed by atoms with Crippen LogP contribution in [-0.4, -0.2) is 76.3 Å². The molecule has 0 spiro atoms. The number of hydrogen-bond donors (Lipinski definition) is 1. The molecule has 1 N–H and O–H groups in total. The molecule has 0 atom stereocenters. The molecule has 14 heavy (non-hydrogen) atoms. The topological polar surface area (TPSA) is 80.7 Å². The van der Waals surface area contributed by atoms with Crippen LogP contribution in [0.15, 0.2) is 0 Å². The van der Waals surface area contributed by atoms with Gasteiger partial charge in [0.15, 0.2) is 0 Å². The Kier molecular flexibility index (Phi) is 11.5. The molecule has 0 unspecified atom stereocenters. The molecule has 0 aliphatic heterocycles. The van der Waals surface area contributed by atoms with E-state index in [-0.39, 0.29) is 57.8 Å². The first-order valence-corrected chi connectivity index (χ1v) is 5.67. The van der Waals surface area contributed by atoms with Crippen LogP contribution in [-0.2, 0) is 19.6 Å². The molecule has 5 nitrogen and oxygen atoms in total. The van der Waals surface area contributed by atoms with Gasteiger partial charge in [-0.25, -0.2) is 0 Å². The summed E-state index contributed by atoms with van der Waals surface area (Å²) in [4.78, 5) is 10.8. The fourth-order valence-corrected chi connectivity index (χ4v) is 1.01. The molecule has 0 amide bonds. The van der Waals surface area contributed by atoms with E-state index in [1.165, 1.54) is 0 Å². The maximum atomic E-state index is 10.8. The van der Waals surface area contributed by atoms with Gasteiger partial charge in [0.1, 0.15) is 0 Å². The molecule has 0 saturated heterocycles. The number of ether oxygens (including phenoxy) is 1. The summed E-state index contributed by atoms with van der Waals surface area (Å²) >= 11 is 0. The van der Waals surface area contributed by atoms with E-state index in [4.69, 9.17) is 4.55 Å². The van der Waals surface area contributed by atoms with Crippen molar-refractivity contribution in [2.75, 3.05) is 5.94 Å². The fraction of sp³-hybridized carbons (Fsp3) is 0.857. The predicted octanol–water partition coefficient (Wildman–Crippen LogP) is 0.307. The van der Waals surface area contributed by atoms with E-state index in [9.17, 15) is 13.2 Å². The summed E-state index contributed by atoms with van der Waals surface area (Å²) in [5.41, 5.74) is 0. The number of carbonyl (C=O) groups excluding carboxylic acids is 1. The maximum absolute atomic E-state index is 10.8. The van der Waals surface area contributed by atoms with Gasteiger partial charge in [0, 0.05) is 6.42 Å². The number of rotatable bonds is 6. The van der Waals surface area contributed by atoms with Gasteiger partial charge in [-0.3, -0.25) is 9.35 Å². The van der Waals surface area contributed by atoms with Crippen LogP contribution in [0.5, 0.6) is 0 Å². The Morgan fingerprint density at radius 1 is 1.36 bits per heavy atom. The Balaban J connectivity index is 0. The Morgan fingerprint density at radius 2 is 1.93 bits per heavy atom. The quantitative estimate of drug-likeness (QED) is 0.317. The van der Waals surface area contributed by atoms with E-state index < -0.39 is 22.0 Å². The molecular weight excluding hydrogens is 235 g/mol. The van der Waals surface area contributed by atoms with Crippen molar-refractivity contribution in [3.8, 4) is 0 Å². The molecule has 0 aliphatic carbocycles. The number of hydrogen-bond acceptors (Lipinski definition) is 4. The average molecular weight is 250 g/mol. The molecule has 0 aromatic carbocycles. The molecule has 7 heteroatoms. The molecule has 0 bridgehead atoms. The summed E-state index contributed by atoms with van der Waals surface area (Å²) in [6, 6.07) is 0. The minimum atomic E-state index is -4.19. The fourth-order valence-electron chi connectivity index (χ4n) is 0.732. The molecule has 0 fully saturated rings. The summed E-state index contributed by atoms with van der Waals surface area (Å²) in [6.07, 6.45) is 2.76. The van der Waals surface area contributed by atoms with Crippen molar-refractivity contribution in [1.82, 2.24) is 0 Å². The van der Waals surface area contributed by atoms with Gasteiger partial charge < -0.3 is 4.74 Å². The van der Waals surface area contributed by atoms with Crippen molar-refractivity contribution in [1.29, 1.82) is 0 Å². The molecule has 80 valence electrons. The third kappa shape index (κ3) is 13.0. The van der Waals surface area contributed by atoms with Crippen LogP contribution in [0.1, 0.15) is 32.6 Å². The van der Waals surface area contributed by atoms with Gasteiger partial charge in [-0.1, -0.05) is 19.8 Å². The van der Waals surface area contributed by atoms with E-state index in [2.05, 4.69) is 4.74 Å². The van der Waals surface area contributed by atoms with Gasteiger partial charge in [-0.05, 0) is 6.42 Å². The zero-order valence-corrected chi connectivity index (χ0v) is 8.34. The first-order valence-electron chi connectivity index (χ1n) is 4.06. The Hall–Kier alpha value is 1.02. The van der Waals surface area contributed by atoms with Gasteiger partial charge in [-0.15, -0.1) is 0 Å². The van der Waals surface area contributed by atoms with Crippen molar-refractivity contribution in [2.24, 2.45) is 0 Å². The van der Waals surface area contributed by atoms with Gasteiger partial charge >= 0.3 is 67.5 Å². The number of esters is 1. The van der Waals surface area contributed by atoms with Crippen molar-refractivity contribution >= 4 is 67.5 Å². The summed E-state index contributed by atoms with van der Waals surface area (Å²) in [5.74, 6) is -1.54. The standard InChI is InChI=1S/C7H14O5S.K.H/c1-2-3-4-5-7(8)12-6-13(9,10)11;;/h2-6H2,1H3,(H,9,10,11);;. The Bertz CT molecular complexity index is 249. The first-order chi connectivity index (χ1) is 5.95. The van der Waals surface area contributed by atoms with Crippen LogP contribution in [0.25, 0.3) is 0 Å². The zero-order chi connectivity index (χ0) is 10.3. The monoisotopic (exact) mass is 250 g/mol. The SMILES string of the molecule is CCCCCC(=O)OCS(=O)(=O)O.[KH]. The molecule has 0 heterocycles. The van der Waals surface area contributed by atoms with Crippen LogP contribution < -0.4 is 0 Å². The minimum absolute atomic E-state index is 0. The predicted molar refractivity (Wildman–Crippen MR) is 53.8 cm³/mol. The van der Waals surface area contributed by atoms with Gasteiger partial charge in [0.25, 0.3) is 0 Å². The summed E-state index contributed by atoms with van der Waals surface area (Å²) in [7, 11) is -4.19. The average Bonchev–Trinajstić information content (AvgIpc) is 2.00. The first kappa shape index (κ1) is 17.4. The molecule has 0 aromatic heterocycles. The number of unbranched alkanes of at least 4 members (excludes halogenated alkanes) is 2. The van der Waals surface area contributed by atoms with E-state index in [1.54, 1.807) is 0 Å². The number of carbonyl (C=O) groups is 1. The van der Waals surface area contributed by atoms with Gasteiger partial charge in [-0.2, -0.15) is 8.42 Å². The van der Waals surface area contributed by atoms with Crippen LogP contribution >= 0.6 is 0 Å². The van der Waals surface area contributed by atoms with Crippen molar-refractivity contribution < 1.29 is 22.5 Å². The Morgan fingerprint density at radius 3 is 2.36 bits per heavy atom. The van der Waals surface area contributed by atoms with E-state index in [0.29, 0.717) is 6.42 Å². The normalized spacial score (nSPS) is 10.4. The van der Waals surface area contributed by atoms with Crippen LogP contribution in [0.3, 0.4) is 0 Å². The third-order valence-corrected chi connectivity index (χ3v) is 1.77. The van der Waals surface area contributed by atoms with E-state index in [0.717, 1.165) is 12.8 Å². The van der Waals surface area contributed by atoms with Gasteiger partial charge in [0.2, 0.25) is 5.94 Å². The van der Waals surface area contributed by atoms with Crippen molar-refractivity contribution in [2.45, 2.75) is 32.6 Å². The second-order valence-electron chi connectivity index (χ2n) is 2.67. The molecule has 0 saturated carbocycles. The van der Waals surface area contributed by atoms with Crippen LogP contribution in [0, 0.1) is 0 Å². The molecular formula is C7H15KO5S. The van der Waals surface area contributed by atoms with Crippen molar-refractivity contribution in [3.63, 3.8) is 0 Å². The summed E-state index contributed by atoms with van der Waals surface area (Å²) in [6.45, 7) is 1.99. The second kappa shape index (κ2) is 9.26. The van der Waals surface area contributed by atoms with Crippen molar-refractivity contribution in [3.05, 3.63) is 0 Å². The second-order valence-corrected chi connectivity index (χ2v) is 4.07. The van der Waals surface area contributed by atoms with Gasteiger partial charge in [0.05, 0.1) is 0 Å².